The van der Waals surface area contributed by atoms with Crippen LogP contribution in [0.1, 0.15) is 20.8 Å². The molecule has 2 atom stereocenters. The highest BCUT2D eigenvalue weighted by atomic mass is 16.6. The number of piperidine rings is 1. The molecule has 0 N–H and O–H groups in total. The zero-order valence-electron chi connectivity index (χ0n) is 11.6. The van der Waals surface area contributed by atoms with Crippen LogP contribution in [0, 0.1) is 11.8 Å². The molecular weight excluding hydrogens is 232 g/mol. The second-order valence-electron chi connectivity index (χ2n) is 6.41. The SMILES string of the molecule is CN1C[C@@H]2CN(C(=O)OC(C)(C)C)CC(=O)[C@H]2C1. The Morgan fingerprint density at radius 3 is 2.56 bits per heavy atom. The van der Waals surface area contributed by atoms with E-state index in [4.69, 9.17) is 4.74 Å². The summed E-state index contributed by atoms with van der Waals surface area (Å²) in [6.07, 6.45) is -0.371. The molecule has 2 saturated heterocycles. The van der Waals surface area contributed by atoms with Gasteiger partial charge in [0.1, 0.15) is 5.60 Å². The summed E-state index contributed by atoms with van der Waals surface area (Å²) in [6, 6.07) is 0. The van der Waals surface area contributed by atoms with Crippen LogP contribution < -0.4 is 0 Å². The zero-order chi connectivity index (χ0) is 13.5. The minimum Gasteiger partial charge on any atom is -0.444 e. The van der Waals surface area contributed by atoms with Crippen LogP contribution in [0.15, 0.2) is 0 Å². The van der Waals surface area contributed by atoms with E-state index in [0.29, 0.717) is 6.54 Å². The summed E-state index contributed by atoms with van der Waals surface area (Å²) < 4.78 is 5.32. The van der Waals surface area contributed by atoms with Crippen molar-refractivity contribution < 1.29 is 14.3 Å². The minimum atomic E-state index is -0.510. The third kappa shape index (κ3) is 2.83. The molecule has 0 radical (unpaired) electrons. The van der Waals surface area contributed by atoms with Crippen LogP contribution in [-0.4, -0.2) is 60.5 Å². The first-order valence-electron chi connectivity index (χ1n) is 6.45. The fourth-order valence-corrected chi connectivity index (χ4v) is 2.76. The molecule has 0 bridgehead atoms. The first-order valence-corrected chi connectivity index (χ1v) is 6.45. The number of nitrogens with zero attached hydrogens (tertiary/aromatic N) is 2. The van der Waals surface area contributed by atoms with E-state index < -0.39 is 5.60 Å². The first-order chi connectivity index (χ1) is 8.26. The molecule has 0 aromatic rings. The third-order valence-electron chi connectivity index (χ3n) is 3.49. The highest BCUT2D eigenvalue weighted by Crippen LogP contribution is 2.28. The van der Waals surface area contributed by atoms with Crippen molar-refractivity contribution in [3.8, 4) is 0 Å². The summed E-state index contributed by atoms with van der Waals surface area (Å²) in [5.74, 6) is 0.541. The van der Waals surface area contributed by atoms with Crippen molar-refractivity contribution >= 4 is 11.9 Å². The van der Waals surface area contributed by atoms with Crippen molar-refractivity contribution in [3.63, 3.8) is 0 Å². The van der Waals surface area contributed by atoms with Crippen LogP contribution in [-0.2, 0) is 9.53 Å². The number of hydrogen-bond acceptors (Lipinski definition) is 4. The van der Waals surface area contributed by atoms with Gasteiger partial charge in [-0.3, -0.25) is 4.79 Å². The Hall–Kier alpha value is -1.10. The van der Waals surface area contributed by atoms with Gasteiger partial charge in [0.2, 0.25) is 0 Å². The number of hydrogen-bond donors (Lipinski definition) is 0. The molecule has 2 aliphatic heterocycles. The van der Waals surface area contributed by atoms with Gasteiger partial charge in [0.25, 0.3) is 0 Å². The van der Waals surface area contributed by atoms with Crippen LogP contribution in [0.2, 0.25) is 0 Å². The van der Waals surface area contributed by atoms with Gasteiger partial charge in [-0.25, -0.2) is 4.79 Å². The van der Waals surface area contributed by atoms with Crippen LogP contribution in [0.5, 0.6) is 0 Å². The normalized spacial score (nSPS) is 29.3. The largest absolute Gasteiger partial charge is 0.444 e. The first kappa shape index (κ1) is 13.3. The Bertz CT molecular complexity index is 362. The fraction of sp³-hybridized carbons (Fsp3) is 0.846. The molecular formula is C13H22N2O3. The van der Waals surface area contributed by atoms with Gasteiger partial charge in [0.05, 0.1) is 6.54 Å². The van der Waals surface area contributed by atoms with E-state index in [9.17, 15) is 9.59 Å². The lowest BCUT2D eigenvalue weighted by Gasteiger charge is -2.34. The Labute approximate surface area is 108 Å². The van der Waals surface area contributed by atoms with E-state index >= 15 is 0 Å². The van der Waals surface area contributed by atoms with Gasteiger partial charge < -0.3 is 14.5 Å². The van der Waals surface area contributed by atoms with Gasteiger partial charge >= 0.3 is 6.09 Å². The number of ether oxygens (including phenoxy) is 1. The summed E-state index contributed by atoms with van der Waals surface area (Å²) in [4.78, 5) is 27.7. The number of carbonyl (C=O) groups excluding carboxylic acids is 2. The fourth-order valence-electron chi connectivity index (χ4n) is 2.76. The minimum absolute atomic E-state index is 0.105. The quantitative estimate of drug-likeness (QED) is 0.646. The van der Waals surface area contributed by atoms with Crippen molar-refractivity contribution in [1.82, 2.24) is 9.80 Å². The molecule has 2 heterocycles. The Morgan fingerprint density at radius 2 is 1.94 bits per heavy atom. The predicted octanol–water partition coefficient (Wildman–Crippen LogP) is 0.984. The maximum Gasteiger partial charge on any atom is 0.410 e. The van der Waals surface area contributed by atoms with Gasteiger partial charge in [-0.1, -0.05) is 0 Å². The highest BCUT2D eigenvalue weighted by molar-refractivity contribution is 5.88. The van der Waals surface area contributed by atoms with E-state index in [2.05, 4.69) is 4.90 Å². The van der Waals surface area contributed by atoms with Crippen molar-refractivity contribution in [2.75, 3.05) is 33.2 Å². The van der Waals surface area contributed by atoms with Gasteiger partial charge in [-0.2, -0.15) is 0 Å². The third-order valence-corrected chi connectivity index (χ3v) is 3.49. The number of ketones is 1. The zero-order valence-corrected chi connectivity index (χ0v) is 11.6. The molecule has 0 spiro atoms. The molecule has 2 aliphatic rings. The molecule has 2 fully saturated rings. The maximum atomic E-state index is 12.0. The average molecular weight is 254 g/mol. The number of likely N-dealkylation sites (tertiary alicyclic amines) is 2. The molecule has 1 amide bonds. The van der Waals surface area contributed by atoms with Crippen LogP contribution in [0.4, 0.5) is 4.79 Å². The number of fused-ring (bicyclic) bond motifs is 1. The molecule has 5 nitrogen and oxygen atoms in total. The average Bonchev–Trinajstić information content (AvgIpc) is 2.56. The van der Waals surface area contributed by atoms with Crippen molar-refractivity contribution in [3.05, 3.63) is 0 Å². The van der Waals surface area contributed by atoms with E-state index in [0.717, 1.165) is 13.1 Å². The monoisotopic (exact) mass is 254 g/mol. The second-order valence-corrected chi connectivity index (χ2v) is 6.41. The standard InChI is InChI=1S/C13H22N2O3/c1-13(2,3)18-12(17)15-6-9-5-14(4)7-10(9)11(16)8-15/h9-10H,5-8H2,1-4H3/t9-,10+/m1/s1. The molecule has 102 valence electrons. The van der Waals surface area contributed by atoms with Gasteiger partial charge in [-0.15, -0.1) is 0 Å². The number of amides is 1. The van der Waals surface area contributed by atoms with E-state index in [1.807, 2.05) is 27.8 Å². The van der Waals surface area contributed by atoms with Crippen molar-refractivity contribution in [2.45, 2.75) is 26.4 Å². The Kier molecular flexibility index (Phi) is 3.36. The lowest BCUT2D eigenvalue weighted by Crippen LogP contribution is -2.50. The summed E-state index contributed by atoms with van der Waals surface area (Å²) in [5, 5.41) is 0. The molecule has 0 aromatic carbocycles. The summed E-state index contributed by atoms with van der Waals surface area (Å²) >= 11 is 0. The molecule has 5 heteroatoms. The molecule has 0 unspecified atom stereocenters. The van der Waals surface area contributed by atoms with Gasteiger partial charge in [0.15, 0.2) is 5.78 Å². The van der Waals surface area contributed by atoms with Crippen LogP contribution >= 0.6 is 0 Å². The Morgan fingerprint density at radius 1 is 1.28 bits per heavy atom. The number of carbonyl (C=O) groups is 2. The number of Topliss-reactive ketones (excluding diaryl/α,β-unsaturated/α-hetero) is 1. The summed E-state index contributed by atoms with van der Waals surface area (Å²) in [5.41, 5.74) is -0.510. The molecule has 0 aliphatic carbocycles. The summed E-state index contributed by atoms with van der Waals surface area (Å²) in [6.45, 7) is 8.05. The maximum absolute atomic E-state index is 12.0. The number of rotatable bonds is 0. The molecule has 2 rings (SSSR count). The summed E-state index contributed by atoms with van der Waals surface area (Å²) in [7, 11) is 2.02. The van der Waals surface area contributed by atoms with Crippen molar-refractivity contribution in [2.24, 2.45) is 11.8 Å². The molecule has 0 aromatic heterocycles. The van der Waals surface area contributed by atoms with E-state index in [1.54, 1.807) is 4.90 Å². The van der Waals surface area contributed by atoms with E-state index in [-0.39, 0.29) is 30.3 Å². The van der Waals surface area contributed by atoms with E-state index in [1.165, 1.54) is 0 Å². The lowest BCUT2D eigenvalue weighted by molar-refractivity contribution is -0.127. The topological polar surface area (TPSA) is 49.9 Å². The van der Waals surface area contributed by atoms with Gasteiger partial charge in [-0.05, 0) is 27.8 Å². The second kappa shape index (κ2) is 4.53. The van der Waals surface area contributed by atoms with Crippen LogP contribution in [0.25, 0.3) is 0 Å². The Balaban J connectivity index is 2.00. The highest BCUT2D eigenvalue weighted by Gasteiger charge is 2.43. The lowest BCUT2D eigenvalue weighted by atomic mass is 9.88. The molecule has 0 saturated carbocycles. The molecule has 18 heavy (non-hydrogen) atoms. The predicted molar refractivity (Wildman–Crippen MR) is 67.3 cm³/mol. The van der Waals surface area contributed by atoms with Gasteiger partial charge in [0, 0.05) is 31.5 Å². The van der Waals surface area contributed by atoms with Crippen LogP contribution in [0.3, 0.4) is 0 Å². The van der Waals surface area contributed by atoms with Crippen molar-refractivity contribution in [1.29, 1.82) is 0 Å². The smallest absolute Gasteiger partial charge is 0.410 e.